The molecule has 0 bridgehead atoms. The number of pyridine rings is 2. The predicted octanol–water partition coefficient (Wildman–Crippen LogP) is 3.89. The number of hydrogen-bond acceptors (Lipinski definition) is 5. The van der Waals surface area contributed by atoms with Crippen LogP contribution in [0.2, 0.25) is 5.02 Å². The van der Waals surface area contributed by atoms with Crippen LogP contribution in [0.4, 0.5) is 4.39 Å². The van der Waals surface area contributed by atoms with Gasteiger partial charge in [-0.05, 0) is 48.9 Å². The summed E-state index contributed by atoms with van der Waals surface area (Å²) < 4.78 is 26.1. The molecule has 2 aromatic heterocycles. The molecule has 0 amide bonds. The zero-order chi connectivity index (χ0) is 21.6. The molecule has 0 unspecified atom stereocenters. The lowest BCUT2D eigenvalue weighted by Gasteiger charge is -2.15. The van der Waals surface area contributed by atoms with Crippen molar-refractivity contribution in [2.24, 2.45) is 0 Å². The van der Waals surface area contributed by atoms with E-state index in [1.807, 2.05) is 24.3 Å². The minimum Gasteiger partial charge on any atom is -0.492 e. The average Bonchev–Trinajstić information content (AvgIpc) is 3.19. The summed E-state index contributed by atoms with van der Waals surface area (Å²) in [6.07, 6.45) is 3.11. The molecular weight excluding hydrogens is 421 g/mol. The summed E-state index contributed by atoms with van der Waals surface area (Å²) in [6.45, 7) is 2.72. The van der Waals surface area contributed by atoms with Crippen molar-refractivity contribution in [3.8, 4) is 17.2 Å². The van der Waals surface area contributed by atoms with Crippen LogP contribution in [0.25, 0.3) is 5.69 Å². The summed E-state index contributed by atoms with van der Waals surface area (Å²) in [7, 11) is 0. The lowest BCUT2D eigenvalue weighted by molar-refractivity contribution is 0.224. The number of rotatable bonds is 8. The van der Waals surface area contributed by atoms with Crippen LogP contribution in [0.5, 0.6) is 11.5 Å². The van der Waals surface area contributed by atoms with E-state index in [1.54, 1.807) is 30.6 Å². The topological polar surface area (TPSA) is 56.6 Å². The SMILES string of the molecule is O=c1cc(OCc2ccc(Cl)cn2)ccn1-c1ccc(OCCN2CC[C@@H](F)C2)cc1. The summed E-state index contributed by atoms with van der Waals surface area (Å²) >= 11 is 5.82. The Kier molecular flexibility index (Phi) is 6.84. The van der Waals surface area contributed by atoms with Gasteiger partial charge in [0.2, 0.25) is 0 Å². The van der Waals surface area contributed by atoms with Crippen LogP contribution in [0, 0.1) is 0 Å². The van der Waals surface area contributed by atoms with Crippen molar-refractivity contribution in [1.82, 2.24) is 14.5 Å². The van der Waals surface area contributed by atoms with Gasteiger partial charge >= 0.3 is 0 Å². The van der Waals surface area contributed by atoms with Crippen molar-refractivity contribution in [3.63, 3.8) is 0 Å². The molecule has 3 heterocycles. The van der Waals surface area contributed by atoms with Crippen LogP contribution >= 0.6 is 11.6 Å². The number of halogens is 2. The molecule has 1 saturated heterocycles. The molecule has 1 aliphatic rings. The van der Waals surface area contributed by atoms with Crippen LogP contribution in [0.3, 0.4) is 0 Å². The van der Waals surface area contributed by atoms with Gasteiger partial charge in [0.25, 0.3) is 5.56 Å². The summed E-state index contributed by atoms with van der Waals surface area (Å²) in [6, 6.07) is 14.0. The maximum atomic E-state index is 13.2. The van der Waals surface area contributed by atoms with Gasteiger partial charge in [-0.2, -0.15) is 0 Å². The number of alkyl halides is 1. The molecule has 0 spiro atoms. The second-order valence-corrected chi connectivity index (χ2v) is 7.79. The largest absolute Gasteiger partial charge is 0.492 e. The van der Waals surface area contributed by atoms with Gasteiger partial charge in [-0.15, -0.1) is 0 Å². The summed E-state index contributed by atoms with van der Waals surface area (Å²) in [5.41, 5.74) is 1.24. The summed E-state index contributed by atoms with van der Waals surface area (Å²) in [5, 5.41) is 0.560. The molecule has 1 atom stereocenters. The third-order valence-electron chi connectivity index (χ3n) is 5.07. The van der Waals surface area contributed by atoms with E-state index >= 15 is 0 Å². The quantitative estimate of drug-likeness (QED) is 0.528. The molecule has 1 aromatic carbocycles. The summed E-state index contributed by atoms with van der Waals surface area (Å²) in [5.74, 6) is 1.18. The van der Waals surface area contributed by atoms with Gasteiger partial charge in [-0.1, -0.05) is 11.6 Å². The molecule has 0 aliphatic carbocycles. The van der Waals surface area contributed by atoms with Crippen molar-refractivity contribution < 1.29 is 13.9 Å². The van der Waals surface area contributed by atoms with E-state index in [0.717, 1.165) is 17.9 Å². The van der Waals surface area contributed by atoms with E-state index in [2.05, 4.69) is 9.88 Å². The number of benzene rings is 1. The van der Waals surface area contributed by atoms with E-state index in [1.165, 1.54) is 10.6 Å². The third-order valence-corrected chi connectivity index (χ3v) is 5.30. The number of hydrogen-bond donors (Lipinski definition) is 0. The van der Waals surface area contributed by atoms with Crippen molar-refractivity contribution in [3.05, 3.63) is 82.0 Å². The van der Waals surface area contributed by atoms with E-state index in [9.17, 15) is 9.18 Å². The number of nitrogens with zero attached hydrogens (tertiary/aromatic N) is 3. The van der Waals surface area contributed by atoms with Crippen LogP contribution in [0.15, 0.2) is 65.7 Å². The minimum absolute atomic E-state index is 0.204. The van der Waals surface area contributed by atoms with Gasteiger partial charge in [0.15, 0.2) is 0 Å². The highest BCUT2D eigenvalue weighted by Gasteiger charge is 2.21. The Bertz CT molecular complexity index is 1060. The lowest BCUT2D eigenvalue weighted by atomic mass is 10.3. The van der Waals surface area contributed by atoms with Crippen molar-refractivity contribution in [2.75, 3.05) is 26.2 Å². The van der Waals surface area contributed by atoms with Gasteiger partial charge in [0.05, 0.1) is 10.7 Å². The highest BCUT2D eigenvalue weighted by atomic mass is 35.5. The zero-order valence-corrected chi connectivity index (χ0v) is 17.7. The van der Waals surface area contributed by atoms with Crippen molar-refractivity contribution in [2.45, 2.75) is 19.2 Å². The Balaban J connectivity index is 1.32. The second-order valence-electron chi connectivity index (χ2n) is 7.36. The summed E-state index contributed by atoms with van der Waals surface area (Å²) in [4.78, 5) is 18.7. The number of likely N-dealkylation sites (tertiary alicyclic amines) is 1. The first-order chi connectivity index (χ1) is 15.1. The van der Waals surface area contributed by atoms with E-state index in [0.29, 0.717) is 42.6 Å². The Labute approximate surface area is 184 Å². The Morgan fingerprint density at radius 2 is 1.94 bits per heavy atom. The molecular formula is C23H23ClFN3O3. The van der Waals surface area contributed by atoms with Gasteiger partial charge < -0.3 is 9.47 Å². The molecule has 4 rings (SSSR count). The first-order valence-corrected chi connectivity index (χ1v) is 10.5. The number of ether oxygens (including phenoxy) is 2. The van der Waals surface area contributed by atoms with Gasteiger partial charge in [0, 0.05) is 43.8 Å². The first kappa shape index (κ1) is 21.3. The molecule has 162 valence electrons. The molecule has 0 saturated carbocycles. The Hall–Kier alpha value is -2.90. The standard InChI is InChI=1S/C23H23ClFN3O3/c24-17-1-2-19(26-14-17)16-31-22-8-10-28(23(29)13-22)20-3-5-21(6-4-20)30-12-11-27-9-7-18(25)15-27/h1-6,8,10,13-14,18H,7,9,11-12,15-16H2/t18-/m1/s1. The van der Waals surface area contributed by atoms with Crippen molar-refractivity contribution in [1.29, 1.82) is 0 Å². The Morgan fingerprint density at radius 3 is 2.61 bits per heavy atom. The molecule has 1 aliphatic heterocycles. The zero-order valence-electron chi connectivity index (χ0n) is 16.9. The number of aromatic nitrogens is 2. The third kappa shape index (κ3) is 5.83. The molecule has 8 heteroatoms. The highest BCUT2D eigenvalue weighted by Crippen LogP contribution is 2.17. The van der Waals surface area contributed by atoms with E-state index in [-0.39, 0.29) is 12.2 Å². The molecule has 6 nitrogen and oxygen atoms in total. The normalized spacial score (nSPS) is 16.4. The molecule has 31 heavy (non-hydrogen) atoms. The molecule has 3 aromatic rings. The molecule has 0 N–H and O–H groups in total. The van der Waals surface area contributed by atoms with Gasteiger partial charge in [-0.25, -0.2) is 4.39 Å². The fourth-order valence-corrected chi connectivity index (χ4v) is 3.51. The first-order valence-electron chi connectivity index (χ1n) is 10.1. The average molecular weight is 444 g/mol. The van der Waals surface area contributed by atoms with Gasteiger partial charge in [0.1, 0.15) is 30.9 Å². The van der Waals surface area contributed by atoms with Gasteiger partial charge in [-0.3, -0.25) is 19.2 Å². The monoisotopic (exact) mass is 443 g/mol. The van der Waals surface area contributed by atoms with Crippen LogP contribution in [0.1, 0.15) is 12.1 Å². The van der Waals surface area contributed by atoms with E-state index in [4.69, 9.17) is 21.1 Å². The maximum Gasteiger partial charge on any atom is 0.258 e. The van der Waals surface area contributed by atoms with Crippen LogP contribution in [-0.2, 0) is 6.61 Å². The Morgan fingerprint density at radius 1 is 1.10 bits per heavy atom. The minimum atomic E-state index is -0.719. The fourth-order valence-electron chi connectivity index (χ4n) is 3.40. The second kappa shape index (κ2) is 9.94. The lowest BCUT2D eigenvalue weighted by Crippen LogP contribution is -2.26. The smallest absolute Gasteiger partial charge is 0.258 e. The predicted molar refractivity (Wildman–Crippen MR) is 117 cm³/mol. The molecule has 0 radical (unpaired) electrons. The van der Waals surface area contributed by atoms with Crippen molar-refractivity contribution >= 4 is 11.6 Å². The van der Waals surface area contributed by atoms with Crippen LogP contribution < -0.4 is 15.0 Å². The van der Waals surface area contributed by atoms with Crippen LogP contribution in [-0.4, -0.2) is 46.9 Å². The fraction of sp³-hybridized carbons (Fsp3) is 0.304. The van der Waals surface area contributed by atoms with E-state index < -0.39 is 6.17 Å². The highest BCUT2D eigenvalue weighted by molar-refractivity contribution is 6.30. The maximum absolute atomic E-state index is 13.2. The molecule has 1 fully saturated rings.